The number of non-ortho nitro benzene ring substituents is 1. The largest absolute Gasteiger partial charge is 0.480 e. The first-order valence-electron chi connectivity index (χ1n) is 9.79. The van der Waals surface area contributed by atoms with Gasteiger partial charge in [-0.1, -0.05) is 42.5 Å². The standard InChI is InChI=1S/C22H24N2O8/c1-3-32-18(25)13-17(14-9-11-16(12-10-14)24(29)30)19(22(27)28)23-21(26)20(31-2)15-7-5-4-6-8-15/h4-12,17,19-20H,3,13H2,1-2H3,(H,23,26)(H,27,28)/t17-,19+,20-/m0/s1. The van der Waals surface area contributed by atoms with Crippen molar-refractivity contribution < 1.29 is 33.9 Å². The molecule has 2 rings (SSSR count). The summed E-state index contributed by atoms with van der Waals surface area (Å²) in [7, 11) is 1.32. The first kappa shape index (κ1) is 24.5. The summed E-state index contributed by atoms with van der Waals surface area (Å²) in [6.45, 7) is 1.70. The van der Waals surface area contributed by atoms with Gasteiger partial charge in [-0.05, 0) is 18.1 Å². The van der Waals surface area contributed by atoms with Gasteiger partial charge in [0.2, 0.25) is 0 Å². The van der Waals surface area contributed by atoms with Gasteiger partial charge in [0, 0.05) is 25.2 Å². The Morgan fingerprint density at radius 2 is 1.69 bits per heavy atom. The Bertz CT molecular complexity index is 946. The number of hydrogen-bond acceptors (Lipinski definition) is 7. The number of esters is 1. The van der Waals surface area contributed by atoms with Crippen LogP contribution in [0.1, 0.15) is 36.5 Å². The molecule has 32 heavy (non-hydrogen) atoms. The van der Waals surface area contributed by atoms with Crippen molar-refractivity contribution in [3.05, 3.63) is 75.8 Å². The summed E-state index contributed by atoms with van der Waals surface area (Å²) >= 11 is 0. The number of aliphatic carboxylic acids is 1. The predicted molar refractivity (Wildman–Crippen MR) is 113 cm³/mol. The third-order valence-electron chi connectivity index (χ3n) is 4.77. The average Bonchev–Trinajstić information content (AvgIpc) is 2.77. The highest BCUT2D eigenvalue weighted by Crippen LogP contribution is 2.28. The number of rotatable bonds is 11. The van der Waals surface area contributed by atoms with Crippen LogP contribution in [0.2, 0.25) is 0 Å². The molecule has 0 heterocycles. The highest BCUT2D eigenvalue weighted by Gasteiger charge is 2.35. The fraction of sp³-hybridized carbons (Fsp3) is 0.318. The molecule has 0 radical (unpaired) electrons. The van der Waals surface area contributed by atoms with Gasteiger partial charge in [-0.25, -0.2) is 4.79 Å². The third-order valence-corrected chi connectivity index (χ3v) is 4.77. The Kier molecular flexibility index (Phi) is 8.84. The first-order chi connectivity index (χ1) is 15.3. The summed E-state index contributed by atoms with van der Waals surface area (Å²) in [4.78, 5) is 47.5. The summed E-state index contributed by atoms with van der Waals surface area (Å²) in [5.41, 5.74) is 0.655. The number of benzene rings is 2. The molecule has 0 unspecified atom stereocenters. The normalized spacial score (nSPS) is 13.4. The number of carboxylic acids is 1. The van der Waals surface area contributed by atoms with Crippen molar-refractivity contribution in [1.29, 1.82) is 0 Å². The maximum atomic E-state index is 12.9. The fourth-order valence-corrected chi connectivity index (χ4v) is 3.26. The van der Waals surface area contributed by atoms with E-state index < -0.39 is 40.8 Å². The Morgan fingerprint density at radius 1 is 1.06 bits per heavy atom. The quantitative estimate of drug-likeness (QED) is 0.306. The molecule has 170 valence electrons. The van der Waals surface area contributed by atoms with E-state index >= 15 is 0 Å². The van der Waals surface area contributed by atoms with Gasteiger partial charge < -0.3 is 19.9 Å². The first-order valence-corrected chi connectivity index (χ1v) is 9.79. The van der Waals surface area contributed by atoms with Crippen molar-refractivity contribution in [2.45, 2.75) is 31.4 Å². The van der Waals surface area contributed by atoms with Crippen molar-refractivity contribution >= 4 is 23.5 Å². The van der Waals surface area contributed by atoms with Crippen molar-refractivity contribution in [2.24, 2.45) is 0 Å². The van der Waals surface area contributed by atoms with Crippen molar-refractivity contribution in [1.82, 2.24) is 5.32 Å². The van der Waals surface area contributed by atoms with Gasteiger partial charge in [0.1, 0.15) is 6.04 Å². The molecular weight excluding hydrogens is 420 g/mol. The SMILES string of the molecule is CCOC(=O)C[C@@H](c1ccc([N+](=O)[O-])cc1)[C@@H](NC(=O)[C@@H](OC)c1ccccc1)C(=O)O. The minimum absolute atomic E-state index is 0.0929. The van der Waals surface area contributed by atoms with Crippen LogP contribution >= 0.6 is 0 Å². The number of nitrogens with zero attached hydrogens (tertiary/aromatic N) is 1. The van der Waals surface area contributed by atoms with Gasteiger partial charge in [-0.2, -0.15) is 0 Å². The summed E-state index contributed by atoms with van der Waals surface area (Å²) in [6.07, 6.45) is -1.43. The van der Waals surface area contributed by atoms with Crippen LogP contribution < -0.4 is 5.32 Å². The molecule has 0 aliphatic rings. The zero-order valence-corrected chi connectivity index (χ0v) is 17.6. The molecule has 2 aromatic rings. The van der Waals surface area contributed by atoms with Gasteiger partial charge in [-0.3, -0.25) is 19.7 Å². The molecule has 0 aromatic heterocycles. The van der Waals surface area contributed by atoms with Crippen LogP contribution in [-0.4, -0.2) is 47.6 Å². The number of amides is 1. The van der Waals surface area contributed by atoms with Gasteiger partial charge in [0.15, 0.2) is 6.10 Å². The second-order valence-electron chi connectivity index (χ2n) is 6.82. The number of carbonyl (C=O) groups excluding carboxylic acids is 2. The molecule has 0 saturated heterocycles. The topological polar surface area (TPSA) is 145 Å². The third kappa shape index (κ3) is 6.35. The van der Waals surface area contributed by atoms with Gasteiger partial charge in [-0.15, -0.1) is 0 Å². The van der Waals surface area contributed by atoms with Gasteiger partial charge in [0.25, 0.3) is 11.6 Å². The molecule has 2 N–H and O–H groups in total. The number of nitro benzene ring substituents is 1. The van der Waals surface area contributed by atoms with Crippen LogP contribution in [-0.2, 0) is 23.9 Å². The van der Waals surface area contributed by atoms with Gasteiger partial charge in [0.05, 0.1) is 18.0 Å². The van der Waals surface area contributed by atoms with Crippen LogP contribution in [0.3, 0.4) is 0 Å². The lowest BCUT2D eigenvalue weighted by molar-refractivity contribution is -0.384. The number of nitrogens with one attached hydrogen (secondary N) is 1. The number of hydrogen-bond donors (Lipinski definition) is 2. The maximum absolute atomic E-state index is 12.9. The fourth-order valence-electron chi connectivity index (χ4n) is 3.26. The highest BCUT2D eigenvalue weighted by molar-refractivity contribution is 5.88. The zero-order valence-electron chi connectivity index (χ0n) is 17.6. The van der Waals surface area contributed by atoms with Crippen LogP contribution in [0.5, 0.6) is 0 Å². The Balaban J connectivity index is 2.37. The summed E-state index contributed by atoms with van der Waals surface area (Å²) < 4.78 is 10.2. The molecule has 0 fully saturated rings. The van der Waals surface area contributed by atoms with Gasteiger partial charge >= 0.3 is 11.9 Å². The Morgan fingerprint density at radius 3 is 2.19 bits per heavy atom. The zero-order chi connectivity index (χ0) is 23.7. The minimum Gasteiger partial charge on any atom is -0.480 e. The second kappa shape index (κ2) is 11.6. The number of carbonyl (C=O) groups is 3. The lowest BCUT2D eigenvalue weighted by atomic mass is 9.88. The van der Waals surface area contributed by atoms with E-state index in [0.717, 1.165) is 0 Å². The van der Waals surface area contributed by atoms with E-state index in [0.29, 0.717) is 11.1 Å². The number of ether oxygens (including phenoxy) is 2. The second-order valence-corrected chi connectivity index (χ2v) is 6.82. The van der Waals surface area contributed by atoms with Crippen LogP contribution in [0, 0.1) is 10.1 Å². The molecular formula is C22H24N2O8. The monoisotopic (exact) mass is 444 g/mol. The van der Waals surface area contributed by atoms with E-state index in [9.17, 15) is 29.6 Å². The van der Waals surface area contributed by atoms with Crippen LogP contribution in [0.15, 0.2) is 54.6 Å². The van der Waals surface area contributed by atoms with Crippen molar-refractivity contribution in [3.8, 4) is 0 Å². The molecule has 0 saturated carbocycles. The molecule has 0 spiro atoms. The Hall–Kier alpha value is -3.79. The van der Waals surface area contributed by atoms with Crippen molar-refractivity contribution in [2.75, 3.05) is 13.7 Å². The average molecular weight is 444 g/mol. The van der Waals surface area contributed by atoms with E-state index in [4.69, 9.17) is 9.47 Å². The van der Waals surface area contributed by atoms with Crippen molar-refractivity contribution in [3.63, 3.8) is 0 Å². The number of carboxylic acid groups (broad SMARTS) is 1. The molecule has 1 amide bonds. The predicted octanol–water partition coefficient (Wildman–Crippen LogP) is 2.59. The highest BCUT2D eigenvalue weighted by atomic mass is 16.6. The molecule has 0 bridgehead atoms. The number of nitro groups is 1. The van der Waals surface area contributed by atoms with E-state index in [-0.39, 0.29) is 18.7 Å². The lowest BCUT2D eigenvalue weighted by Crippen LogP contribution is -2.47. The molecule has 10 nitrogen and oxygen atoms in total. The van der Waals surface area contributed by atoms with E-state index in [1.54, 1.807) is 37.3 Å². The molecule has 10 heteroatoms. The number of methoxy groups -OCH3 is 1. The van der Waals surface area contributed by atoms with E-state index in [1.165, 1.54) is 31.4 Å². The minimum atomic E-state index is -1.52. The lowest BCUT2D eigenvalue weighted by Gasteiger charge is -2.26. The summed E-state index contributed by atoms with van der Waals surface area (Å²) in [6, 6.07) is 12.1. The van der Waals surface area contributed by atoms with E-state index in [2.05, 4.69) is 5.32 Å². The molecule has 0 aliphatic carbocycles. The van der Waals surface area contributed by atoms with Crippen LogP contribution in [0.4, 0.5) is 5.69 Å². The molecule has 2 aromatic carbocycles. The summed E-state index contributed by atoms with van der Waals surface area (Å²) in [5, 5.41) is 23.2. The molecule has 0 aliphatic heterocycles. The van der Waals surface area contributed by atoms with Crippen LogP contribution in [0.25, 0.3) is 0 Å². The molecule has 3 atom stereocenters. The maximum Gasteiger partial charge on any atom is 0.326 e. The van der Waals surface area contributed by atoms with E-state index in [1.807, 2.05) is 0 Å². The Labute approximate surface area is 184 Å². The summed E-state index contributed by atoms with van der Waals surface area (Å²) in [5.74, 6) is -3.79. The smallest absolute Gasteiger partial charge is 0.326 e.